The van der Waals surface area contributed by atoms with Crippen molar-refractivity contribution in [3.8, 4) is 0 Å². The first kappa shape index (κ1) is 12.6. The molecule has 17 heavy (non-hydrogen) atoms. The first-order chi connectivity index (χ1) is 8.27. The van der Waals surface area contributed by atoms with Gasteiger partial charge >= 0.3 is 0 Å². The van der Waals surface area contributed by atoms with E-state index in [0.717, 1.165) is 6.54 Å². The number of hydrogen-bond acceptors (Lipinski definition) is 2. The van der Waals surface area contributed by atoms with Crippen LogP contribution < -0.4 is 5.32 Å². The van der Waals surface area contributed by atoms with Crippen LogP contribution in [0.2, 0.25) is 0 Å². The number of hydrogen-bond donors (Lipinski definition) is 1. The minimum Gasteiger partial charge on any atom is -0.315 e. The molecular formula is C15H24N2. The number of rotatable bonds is 3. The summed E-state index contributed by atoms with van der Waals surface area (Å²) in [5, 5.41) is 3.46. The van der Waals surface area contributed by atoms with Gasteiger partial charge in [0.15, 0.2) is 0 Å². The minimum atomic E-state index is 0.634. The van der Waals surface area contributed by atoms with Crippen LogP contribution in [0.15, 0.2) is 24.3 Å². The first-order valence-electron chi connectivity index (χ1n) is 6.76. The molecule has 1 aromatic rings. The van der Waals surface area contributed by atoms with Gasteiger partial charge in [0.05, 0.1) is 0 Å². The average Bonchev–Trinajstić information content (AvgIpc) is 2.58. The lowest BCUT2D eigenvalue weighted by molar-refractivity contribution is 0.278. The van der Waals surface area contributed by atoms with Gasteiger partial charge in [0.1, 0.15) is 0 Å². The summed E-state index contributed by atoms with van der Waals surface area (Å²) in [6.45, 7) is 10.5. The maximum Gasteiger partial charge on any atom is 0.0107 e. The Balaban J connectivity index is 1.96. The fraction of sp³-hybridized carbons (Fsp3) is 0.600. The molecule has 1 heterocycles. The summed E-state index contributed by atoms with van der Waals surface area (Å²) in [5.74, 6) is 0.634. The van der Waals surface area contributed by atoms with Crippen LogP contribution in [-0.2, 0) is 0 Å². The van der Waals surface area contributed by atoms with E-state index in [1.807, 2.05) is 0 Å². The van der Waals surface area contributed by atoms with Crippen molar-refractivity contribution in [3.05, 3.63) is 35.4 Å². The zero-order valence-electron chi connectivity index (χ0n) is 11.1. The molecule has 0 aromatic heterocycles. The van der Waals surface area contributed by atoms with Crippen molar-refractivity contribution in [1.29, 1.82) is 0 Å². The molecule has 0 saturated carbocycles. The minimum absolute atomic E-state index is 0.634. The van der Waals surface area contributed by atoms with Crippen LogP contribution in [0.1, 0.15) is 30.4 Å². The molecule has 1 aliphatic heterocycles. The summed E-state index contributed by atoms with van der Waals surface area (Å²) >= 11 is 0. The molecule has 1 N–H and O–H groups in total. The molecule has 1 aromatic carbocycles. The Hall–Kier alpha value is -0.860. The third-order valence-corrected chi connectivity index (χ3v) is 3.68. The third-order valence-electron chi connectivity index (χ3n) is 3.68. The van der Waals surface area contributed by atoms with E-state index in [1.165, 1.54) is 43.7 Å². The molecule has 0 bridgehead atoms. The highest BCUT2D eigenvalue weighted by Gasteiger charge is 2.14. The second kappa shape index (κ2) is 6.18. The maximum atomic E-state index is 3.46. The lowest BCUT2D eigenvalue weighted by Gasteiger charge is -2.24. The summed E-state index contributed by atoms with van der Waals surface area (Å²) in [6.07, 6.45) is 1.28. The van der Waals surface area contributed by atoms with Gasteiger partial charge in [-0.15, -0.1) is 0 Å². The molecule has 2 rings (SSSR count). The van der Waals surface area contributed by atoms with Crippen LogP contribution in [0, 0.1) is 6.92 Å². The van der Waals surface area contributed by atoms with E-state index in [9.17, 15) is 0 Å². The van der Waals surface area contributed by atoms with E-state index in [4.69, 9.17) is 0 Å². The Labute approximate surface area is 105 Å². The van der Waals surface area contributed by atoms with Gasteiger partial charge in [-0.3, -0.25) is 0 Å². The molecule has 2 nitrogen and oxygen atoms in total. The highest BCUT2D eigenvalue weighted by Crippen LogP contribution is 2.20. The van der Waals surface area contributed by atoms with E-state index < -0.39 is 0 Å². The first-order valence-corrected chi connectivity index (χ1v) is 6.76. The fourth-order valence-corrected chi connectivity index (χ4v) is 2.71. The molecule has 1 saturated heterocycles. The third kappa shape index (κ3) is 3.55. The van der Waals surface area contributed by atoms with Crippen LogP contribution in [0.4, 0.5) is 0 Å². The monoisotopic (exact) mass is 232 g/mol. The topological polar surface area (TPSA) is 15.3 Å². The van der Waals surface area contributed by atoms with Crippen molar-refractivity contribution in [1.82, 2.24) is 10.2 Å². The van der Waals surface area contributed by atoms with E-state index in [2.05, 4.69) is 48.3 Å². The number of nitrogens with one attached hydrogen (secondary N) is 1. The molecule has 0 aliphatic carbocycles. The van der Waals surface area contributed by atoms with Gasteiger partial charge in [-0.1, -0.05) is 31.2 Å². The Kier molecular flexibility index (Phi) is 4.57. The summed E-state index contributed by atoms with van der Waals surface area (Å²) in [7, 11) is 0. The molecule has 0 spiro atoms. The quantitative estimate of drug-likeness (QED) is 0.861. The van der Waals surface area contributed by atoms with Crippen LogP contribution in [0.3, 0.4) is 0 Å². The van der Waals surface area contributed by atoms with Crippen LogP contribution in [0.5, 0.6) is 0 Å². The largest absolute Gasteiger partial charge is 0.315 e. The highest BCUT2D eigenvalue weighted by molar-refractivity contribution is 5.28. The molecule has 1 atom stereocenters. The second-order valence-corrected chi connectivity index (χ2v) is 5.16. The van der Waals surface area contributed by atoms with E-state index >= 15 is 0 Å². The molecule has 1 unspecified atom stereocenters. The molecular weight excluding hydrogens is 208 g/mol. The molecule has 2 heteroatoms. The van der Waals surface area contributed by atoms with Gasteiger partial charge in [0.2, 0.25) is 0 Å². The van der Waals surface area contributed by atoms with Gasteiger partial charge in [0, 0.05) is 19.6 Å². The summed E-state index contributed by atoms with van der Waals surface area (Å²) in [6, 6.07) is 8.77. The number of nitrogens with zero attached hydrogens (tertiary/aromatic N) is 1. The van der Waals surface area contributed by atoms with Crippen molar-refractivity contribution in [2.45, 2.75) is 26.2 Å². The fourth-order valence-electron chi connectivity index (χ4n) is 2.71. The Bertz CT molecular complexity index is 341. The van der Waals surface area contributed by atoms with Crippen LogP contribution in [0.25, 0.3) is 0 Å². The lowest BCUT2D eigenvalue weighted by Crippen LogP contribution is -2.31. The zero-order valence-corrected chi connectivity index (χ0v) is 11.1. The van der Waals surface area contributed by atoms with Gasteiger partial charge in [-0.2, -0.15) is 0 Å². The SMILES string of the molecule is Cc1ccccc1C(C)CN1CCCNCC1. The van der Waals surface area contributed by atoms with Crippen molar-refractivity contribution in [3.63, 3.8) is 0 Å². The van der Waals surface area contributed by atoms with E-state index in [0.29, 0.717) is 5.92 Å². The van der Waals surface area contributed by atoms with E-state index in [1.54, 1.807) is 0 Å². The average molecular weight is 232 g/mol. The number of benzene rings is 1. The normalized spacial score (nSPS) is 19.9. The predicted octanol–water partition coefficient (Wildman–Crippen LogP) is 2.39. The summed E-state index contributed by atoms with van der Waals surface area (Å²) in [4.78, 5) is 2.59. The van der Waals surface area contributed by atoms with Crippen LogP contribution >= 0.6 is 0 Å². The zero-order chi connectivity index (χ0) is 12.1. The standard InChI is InChI=1S/C15H24N2/c1-13-6-3-4-7-15(13)14(2)12-17-10-5-8-16-9-11-17/h3-4,6-7,14,16H,5,8-12H2,1-2H3. The van der Waals surface area contributed by atoms with Gasteiger partial charge in [-0.05, 0) is 43.5 Å². The van der Waals surface area contributed by atoms with Gasteiger partial charge in [0.25, 0.3) is 0 Å². The molecule has 1 aliphatic rings. The van der Waals surface area contributed by atoms with Crippen molar-refractivity contribution in [2.24, 2.45) is 0 Å². The van der Waals surface area contributed by atoms with Crippen molar-refractivity contribution in [2.75, 3.05) is 32.7 Å². The highest BCUT2D eigenvalue weighted by atomic mass is 15.1. The van der Waals surface area contributed by atoms with Crippen LogP contribution in [-0.4, -0.2) is 37.6 Å². The van der Waals surface area contributed by atoms with Crippen molar-refractivity contribution >= 4 is 0 Å². The second-order valence-electron chi connectivity index (χ2n) is 5.16. The summed E-state index contributed by atoms with van der Waals surface area (Å²) in [5.41, 5.74) is 2.93. The maximum absolute atomic E-state index is 3.46. The molecule has 94 valence electrons. The van der Waals surface area contributed by atoms with Crippen molar-refractivity contribution < 1.29 is 0 Å². The predicted molar refractivity (Wildman–Crippen MR) is 73.5 cm³/mol. The number of aryl methyl sites for hydroxylation is 1. The van der Waals surface area contributed by atoms with E-state index in [-0.39, 0.29) is 0 Å². The smallest absolute Gasteiger partial charge is 0.0107 e. The van der Waals surface area contributed by atoms with Gasteiger partial charge < -0.3 is 10.2 Å². The Morgan fingerprint density at radius 2 is 2.06 bits per heavy atom. The summed E-state index contributed by atoms with van der Waals surface area (Å²) < 4.78 is 0. The Morgan fingerprint density at radius 3 is 2.88 bits per heavy atom. The molecule has 0 radical (unpaired) electrons. The Morgan fingerprint density at radius 1 is 1.24 bits per heavy atom. The lowest BCUT2D eigenvalue weighted by atomic mass is 9.96. The van der Waals surface area contributed by atoms with Gasteiger partial charge in [-0.25, -0.2) is 0 Å². The molecule has 1 fully saturated rings. The molecule has 0 amide bonds.